The minimum atomic E-state index is -2.02. The molecule has 2 aliphatic carbocycles. The van der Waals surface area contributed by atoms with E-state index in [1.807, 2.05) is 38.1 Å². The van der Waals surface area contributed by atoms with Crippen LogP contribution in [0.4, 0.5) is 0 Å². The van der Waals surface area contributed by atoms with Gasteiger partial charge in [0.2, 0.25) is 17.6 Å². The van der Waals surface area contributed by atoms with E-state index in [1.165, 1.54) is 0 Å². The molecule has 0 unspecified atom stereocenters. The number of nitrogens with one attached hydrogen (secondary N) is 4. The second-order valence-corrected chi connectivity index (χ2v) is 11.6. The first kappa shape index (κ1) is 28.5. The first-order valence-corrected chi connectivity index (χ1v) is 14.2. The number of carbonyl (C=O) groups excluding carboxylic acids is 5. The first-order chi connectivity index (χ1) is 19.6. The van der Waals surface area contributed by atoms with E-state index in [0.717, 1.165) is 24.0 Å². The Labute approximate surface area is 238 Å². The summed E-state index contributed by atoms with van der Waals surface area (Å²) in [6.07, 6.45) is 2.26. The Morgan fingerprint density at radius 3 is 2.07 bits per heavy atom. The fraction of sp³-hybridized carbons (Fsp3) is 0.452. The SMILES string of the molecule is CC(C)C[C@H](NC(=O)C1(O)c2ccccc2-c2ccccc21)C(=O)N[C@H](C[C@@H]1CCNC1=O)C(=O)C(=O)NC1CC1. The maximum atomic E-state index is 13.8. The van der Waals surface area contributed by atoms with E-state index < -0.39 is 47.1 Å². The van der Waals surface area contributed by atoms with Gasteiger partial charge in [-0.2, -0.15) is 0 Å². The van der Waals surface area contributed by atoms with E-state index in [0.29, 0.717) is 24.1 Å². The highest BCUT2D eigenvalue weighted by Crippen LogP contribution is 2.47. The van der Waals surface area contributed by atoms with Crippen LogP contribution < -0.4 is 21.3 Å². The van der Waals surface area contributed by atoms with Gasteiger partial charge in [-0.3, -0.25) is 24.0 Å². The average Bonchev–Trinajstić information content (AvgIpc) is 3.62. The van der Waals surface area contributed by atoms with E-state index in [1.54, 1.807) is 24.3 Å². The fourth-order valence-corrected chi connectivity index (χ4v) is 5.72. The zero-order chi connectivity index (χ0) is 29.3. The van der Waals surface area contributed by atoms with Gasteiger partial charge in [-0.15, -0.1) is 0 Å². The minimum Gasteiger partial charge on any atom is -0.372 e. The summed E-state index contributed by atoms with van der Waals surface area (Å²) in [6.45, 7) is 4.23. The lowest BCUT2D eigenvalue weighted by molar-refractivity contribution is -0.142. The van der Waals surface area contributed by atoms with Crippen LogP contribution in [-0.2, 0) is 29.6 Å². The van der Waals surface area contributed by atoms with Gasteiger partial charge < -0.3 is 26.4 Å². The van der Waals surface area contributed by atoms with Crippen LogP contribution in [0.1, 0.15) is 57.1 Å². The molecule has 4 amide bonds. The van der Waals surface area contributed by atoms with Gasteiger partial charge in [-0.25, -0.2) is 0 Å². The zero-order valence-corrected chi connectivity index (χ0v) is 23.2. The van der Waals surface area contributed by atoms with Gasteiger partial charge in [0.15, 0.2) is 5.60 Å². The number of hydrogen-bond acceptors (Lipinski definition) is 6. The number of hydrogen-bond donors (Lipinski definition) is 5. The van der Waals surface area contributed by atoms with Gasteiger partial charge in [-0.05, 0) is 49.1 Å². The molecule has 5 N–H and O–H groups in total. The summed E-state index contributed by atoms with van der Waals surface area (Å²) >= 11 is 0. The zero-order valence-electron chi connectivity index (χ0n) is 23.2. The molecule has 1 saturated carbocycles. The Hall–Kier alpha value is -4.05. The van der Waals surface area contributed by atoms with Gasteiger partial charge >= 0.3 is 0 Å². The lowest BCUT2D eigenvalue weighted by atomic mass is 9.89. The molecular weight excluding hydrogens is 524 g/mol. The maximum absolute atomic E-state index is 13.8. The van der Waals surface area contributed by atoms with Gasteiger partial charge in [-0.1, -0.05) is 62.4 Å². The monoisotopic (exact) mass is 560 g/mol. The molecule has 0 spiro atoms. The second kappa shape index (κ2) is 11.4. The topological polar surface area (TPSA) is 154 Å². The Morgan fingerprint density at radius 1 is 0.927 bits per heavy atom. The third-order valence-electron chi connectivity index (χ3n) is 8.03. The molecule has 3 atom stereocenters. The van der Waals surface area contributed by atoms with Crippen molar-refractivity contribution >= 4 is 29.4 Å². The molecule has 5 rings (SSSR count). The summed E-state index contributed by atoms with van der Waals surface area (Å²) in [7, 11) is 0. The summed E-state index contributed by atoms with van der Waals surface area (Å²) in [5, 5.41) is 22.7. The van der Waals surface area contributed by atoms with Crippen molar-refractivity contribution in [2.45, 2.75) is 69.7 Å². The minimum absolute atomic E-state index is 0.0263. The average molecular weight is 561 g/mol. The smallest absolute Gasteiger partial charge is 0.289 e. The second-order valence-electron chi connectivity index (χ2n) is 11.6. The number of amides is 4. The summed E-state index contributed by atoms with van der Waals surface area (Å²) in [6, 6.07) is 11.8. The largest absolute Gasteiger partial charge is 0.372 e. The predicted octanol–water partition coefficient (Wildman–Crippen LogP) is 1.29. The highest BCUT2D eigenvalue weighted by Gasteiger charge is 2.48. The predicted molar refractivity (Wildman–Crippen MR) is 150 cm³/mol. The van der Waals surface area contributed by atoms with Crippen LogP contribution in [-0.4, -0.2) is 59.2 Å². The molecule has 0 bridgehead atoms. The highest BCUT2D eigenvalue weighted by atomic mass is 16.3. The van der Waals surface area contributed by atoms with E-state index in [2.05, 4.69) is 21.3 Å². The third-order valence-corrected chi connectivity index (χ3v) is 8.03. The molecule has 2 fully saturated rings. The number of aliphatic hydroxyl groups is 1. The van der Waals surface area contributed by atoms with Crippen molar-refractivity contribution in [3.8, 4) is 11.1 Å². The van der Waals surface area contributed by atoms with Crippen molar-refractivity contribution in [1.29, 1.82) is 0 Å². The van der Waals surface area contributed by atoms with Crippen LogP contribution in [0.5, 0.6) is 0 Å². The lowest BCUT2D eigenvalue weighted by Gasteiger charge is -2.29. The van der Waals surface area contributed by atoms with E-state index in [-0.39, 0.29) is 30.7 Å². The van der Waals surface area contributed by atoms with Crippen LogP contribution in [0.25, 0.3) is 11.1 Å². The molecular formula is C31H36N4O6. The van der Waals surface area contributed by atoms with Crippen molar-refractivity contribution in [3.63, 3.8) is 0 Å². The Bertz CT molecular complexity index is 1340. The normalized spacial score (nSPS) is 19.9. The van der Waals surface area contributed by atoms with Crippen LogP contribution in [0.15, 0.2) is 48.5 Å². The van der Waals surface area contributed by atoms with Crippen molar-refractivity contribution in [2.24, 2.45) is 11.8 Å². The summed E-state index contributed by atoms with van der Waals surface area (Å²) in [5.41, 5.74) is 0.267. The highest BCUT2D eigenvalue weighted by molar-refractivity contribution is 6.38. The van der Waals surface area contributed by atoms with Crippen molar-refractivity contribution in [3.05, 3.63) is 59.7 Å². The first-order valence-electron chi connectivity index (χ1n) is 14.2. The fourth-order valence-electron chi connectivity index (χ4n) is 5.72. The Morgan fingerprint density at radius 2 is 1.54 bits per heavy atom. The molecule has 10 heteroatoms. The molecule has 0 aromatic heterocycles. The van der Waals surface area contributed by atoms with E-state index in [9.17, 15) is 29.1 Å². The molecule has 10 nitrogen and oxygen atoms in total. The standard InChI is InChI=1S/C31H36N4O6/c1-17(2)15-25(35-30(40)31(41)22-9-5-3-7-20(22)21-8-4-6-10-23(21)31)28(38)34-24(16-18-13-14-32-27(18)37)26(36)29(39)33-19-11-12-19/h3-10,17-19,24-25,41H,11-16H2,1-2H3,(H,32,37)(H,33,39)(H,34,38)(H,35,40)/t18-,24+,25-/m0/s1. The van der Waals surface area contributed by atoms with E-state index >= 15 is 0 Å². The summed E-state index contributed by atoms with van der Waals surface area (Å²) in [4.78, 5) is 65.5. The summed E-state index contributed by atoms with van der Waals surface area (Å²) in [5.74, 6) is -3.83. The molecule has 3 aliphatic rings. The molecule has 1 aliphatic heterocycles. The van der Waals surface area contributed by atoms with Crippen LogP contribution in [0.2, 0.25) is 0 Å². The summed E-state index contributed by atoms with van der Waals surface area (Å²) < 4.78 is 0. The van der Waals surface area contributed by atoms with Gasteiger partial charge in [0, 0.05) is 29.6 Å². The van der Waals surface area contributed by atoms with Gasteiger partial charge in [0.1, 0.15) is 6.04 Å². The number of rotatable bonds is 11. The number of ketones is 1. The van der Waals surface area contributed by atoms with Gasteiger partial charge in [0.25, 0.3) is 11.8 Å². The quantitative estimate of drug-likeness (QED) is 0.261. The van der Waals surface area contributed by atoms with Crippen molar-refractivity contribution in [2.75, 3.05) is 6.54 Å². The van der Waals surface area contributed by atoms with Crippen LogP contribution in [0.3, 0.4) is 0 Å². The molecule has 1 heterocycles. The molecule has 2 aromatic rings. The van der Waals surface area contributed by atoms with Crippen LogP contribution >= 0.6 is 0 Å². The molecule has 1 saturated heterocycles. The van der Waals surface area contributed by atoms with E-state index in [4.69, 9.17) is 0 Å². The molecule has 2 aromatic carbocycles. The number of benzene rings is 2. The Balaban J connectivity index is 1.38. The van der Waals surface area contributed by atoms with Gasteiger partial charge in [0.05, 0.1) is 6.04 Å². The van der Waals surface area contributed by atoms with Crippen molar-refractivity contribution in [1.82, 2.24) is 21.3 Å². The molecule has 216 valence electrons. The maximum Gasteiger partial charge on any atom is 0.289 e. The number of fused-ring (bicyclic) bond motifs is 3. The third kappa shape index (κ3) is 5.74. The van der Waals surface area contributed by atoms with Crippen LogP contribution in [0, 0.1) is 11.8 Å². The number of carbonyl (C=O) groups is 5. The molecule has 41 heavy (non-hydrogen) atoms. The number of Topliss-reactive ketones (excluding diaryl/α,β-unsaturated/α-hetero) is 1. The lowest BCUT2D eigenvalue weighted by Crippen LogP contribution is -2.57. The molecule has 0 radical (unpaired) electrons. The van der Waals surface area contributed by atoms with Crippen molar-refractivity contribution < 1.29 is 29.1 Å². The Kier molecular flexibility index (Phi) is 7.95.